The van der Waals surface area contributed by atoms with Crippen LogP contribution >= 0.6 is 0 Å². The summed E-state index contributed by atoms with van der Waals surface area (Å²) in [5, 5.41) is 14.0. The van der Waals surface area contributed by atoms with Crippen LogP contribution in [-0.2, 0) is 22.5 Å². The minimum absolute atomic E-state index is 0.00230. The van der Waals surface area contributed by atoms with Gasteiger partial charge in [0.1, 0.15) is 17.7 Å². The molecule has 1 heterocycles. The van der Waals surface area contributed by atoms with Gasteiger partial charge in [-0.2, -0.15) is 0 Å². The summed E-state index contributed by atoms with van der Waals surface area (Å²) in [6.45, 7) is 0.857. The predicted octanol–water partition coefficient (Wildman–Crippen LogP) is 5.14. The number of urea groups is 1. The molecule has 186 valence electrons. The van der Waals surface area contributed by atoms with Crippen LogP contribution in [0.5, 0.6) is 0 Å². The van der Waals surface area contributed by atoms with Gasteiger partial charge in [0, 0.05) is 37.0 Å². The van der Waals surface area contributed by atoms with E-state index in [0.717, 1.165) is 42.2 Å². The van der Waals surface area contributed by atoms with Crippen LogP contribution < -0.4 is 10.6 Å². The number of nitrogens with one attached hydrogen (secondary N) is 2. The molecule has 3 N–H and O–H groups in total. The number of amides is 3. The molecule has 0 aromatic heterocycles. The SMILES string of the molecule is O=C(O)CC1CCC(OC(=O)N2CCc3cc(NC(=O)Nc4cc(F)cc(F)c4)ccc3C2)CC1. The summed E-state index contributed by atoms with van der Waals surface area (Å²) < 4.78 is 32.3. The third-order valence-corrected chi connectivity index (χ3v) is 6.38. The van der Waals surface area contributed by atoms with Gasteiger partial charge in [0.2, 0.25) is 0 Å². The minimum atomic E-state index is -0.793. The molecule has 1 aliphatic carbocycles. The first kappa shape index (κ1) is 24.4. The number of halogens is 2. The van der Waals surface area contributed by atoms with Gasteiger partial charge in [-0.3, -0.25) is 4.79 Å². The highest BCUT2D eigenvalue weighted by Crippen LogP contribution is 2.30. The smallest absolute Gasteiger partial charge is 0.410 e. The molecule has 0 radical (unpaired) electrons. The summed E-state index contributed by atoms with van der Waals surface area (Å²) in [6.07, 6.45) is 3.01. The Morgan fingerprint density at radius 1 is 0.943 bits per heavy atom. The quantitative estimate of drug-likeness (QED) is 0.542. The van der Waals surface area contributed by atoms with Gasteiger partial charge in [-0.1, -0.05) is 6.07 Å². The molecule has 2 aliphatic rings. The molecule has 35 heavy (non-hydrogen) atoms. The maximum Gasteiger partial charge on any atom is 0.410 e. The molecule has 0 unspecified atom stereocenters. The summed E-state index contributed by atoms with van der Waals surface area (Å²) in [7, 11) is 0. The summed E-state index contributed by atoms with van der Waals surface area (Å²) >= 11 is 0. The maximum atomic E-state index is 13.3. The Kier molecular flexibility index (Phi) is 7.48. The Morgan fingerprint density at radius 3 is 2.31 bits per heavy atom. The van der Waals surface area contributed by atoms with Crippen molar-refractivity contribution in [1.29, 1.82) is 0 Å². The summed E-state index contributed by atoms with van der Waals surface area (Å²) in [6, 6.07) is 7.46. The van der Waals surface area contributed by atoms with E-state index in [1.165, 1.54) is 0 Å². The number of carboxylic acids is 1. The van der Waals surface area contributed by atoms with E-state index in [1.807, 2.05) is 12.1 Å². The number of carbonyl (C=O) groups is 3. The van der Waals surface area contributed by atoms with E-state index in [1.54, 1.807) is 11.0 Å². The highest BCUT2D eigenvalue weighted by atomic mass is 19.1. The number of hydrogen-bond donors (Lipinski definition) is 3. The second kappa shape index (κ2) is 10.7. The lowest BCUT2D eigenvalue weighted by atomic mass is 9.85. The Hall–Kier alpha value is -3.69. The molecule has 0 atom stereocenters. The van der Waals surface area contributed by atoms with E-state index in [4.69, 9.17) is 9.84 Å². The van der Waals surface area contributed by atoms with Gasteiger partial charge in [0.15, 0.2) is 0 Å². The lowest BCUT2D eigenvalue weighted by Crippen LogP contribution is -2.39. The maximum absolute atomic E-state index is 13.3. The second-order valence-electron chi connectivity index (χ2n) is 9.02. The molecule has 0 spiro atoms. The number of carboxylic acid groups (broad SMARTS) is 1. The molecular weight excluding hydrogens is 460 g/mol. The van der Waals surface area contributed by atoms with Crippen molar-refractivity contribution < 1.29 is 33.0 Å². The fraction of sp³-hybridized carbons (Fsp3) is 0.400. The van der Waals surface area contributed by atoms with E-state index in [0.29, 0.717) is 38.0 Å². The van der Waals surface area contributed by atoms with Crippen molar-refractivity contribution in [2.75, 3.05) is 17.2 Å². The number of carbonyl (C=O) groups excluding carboxylic acids is 2. The largest absolute Gasteiger partial charge is 0.481 e. The predicted molar refractivity (Wildman–Crippen MR) is 124 cm³/mol. The third kappa shape index (κ3) is 6.68. The third-order valence-electron chi connectivity index (χ3n) is 6.38. The monoisotopic (exact) mass is 487 g/mol. The zero-order valence-corrected chi connectivity index (χ0v) is 19.1. The first-order valence-corrected chi connectivity index (χ1v) is 11.6. The number of aliphatic carboxylic acids is 1. The van der Waals surface area contributed by atoms with Crippen molar-refractivity contribution in [2.45, 2.75) is 51.2 Å². The number of fused-ring (bicyclic) bond motifs is 1. The Labute approximate surface area is 201 Å². The minimum Gasteiger partial charge on any atom is -0.481 e. The number of benzene rings is 2. The Morgan fingerprint density at radius 2 is 1.63 bits per heavy atom. The second-order valence-corrected chi connectivity index (χ2v) is 9.02. The first-order valence-electron chi connectivity index (χ1n) is 11.6. The van der Waals surface area contributed by atoms with Crippen LogP contribution in [0.4, 0.5) is 29.7 Å². The van der Waals surface area contributed by atoms with Crippen LogP contribution in [0.3, 0.4) is 0 Å². The molecule has 2 aromatic rings. The van der Waals surface area contributed by atoms with Crippen molar-refractivity contribution in [3.05, 3.63) is 59.2 Å². The van der Waals surface area contributed by atoms with Gasteiger partial charge >= 0.3 is 18.1 Å². The van der Waals surface area contributed by atoms with Crippen LogP contribution in [0.2, 0.25) is 0 Å². The molecule has 10 heteroatoms. The zero-order valence-electron chi connectivity index (χ0n) is 19.1. The molecule has 0 saturated heterocycles. The molecule has 1 fully saturated rings. The summed E-state index contributed by atoms with van der Waals surface area (Å²) in [5.41, 5.74) is 2.45. The van der Waals surface area contributed by atoms with Gasteiger partial charge < -0.3 is 25.4 Å². The van der Waals surface area contributed by atoms with Crippen molar-refractivity contribution in [3.63, 3.8) is 0 Å². The van der Waals surface area contributed by atoms with Crippen LogP contribution in [0.25, 0.3) is 0 Å². The molecule has 3 amide bonds. The molecule has 1 saturated carbocycles. The van der Waals surface area contributed by atoms with E-state index in [-0.39, 0.29) is 30.2 Å². The van der Waals surface area contributed by atoms with E-state index in [2.05, 4.69) is 10.6 Å². The highest BCUT2D eigenvalue weighted by Gasteiger charge is 2.28. The van der Waals surface area contributed by atoms with Gasteiger partial charge in [0.05, 0.1) is 0 Å². The molecule has 2 aromatic carbocycles. The van der Waals surface area contributed by atoms with Gasteiger partial charge in [0.25, 0.3) is 0 Å². The van der Waals surface area contributed by atoms with Crippen molar-refractivity contribution in [1.82, 2.24) is 4.90 Å². The molecule has 4 rings (SSSR count). The van der Waals surface area contributed by atoms with Gasteiger partial charge in [-0.15, -0.1) is 0 Å². The van der Waals surface area contributed by atoms with Gasteiger partial charge in [-0.25, -0.2) is 18.4 Å². The van der Waals surface area contributed by atoms with E-state index in [9.17, 15) is 23.2 Å². The number of ether oxygens (including phenoxy) is 1. The zero-order chi connectivity index (χ0) is 24.9. The van der Waals surface area contributed by atoms with Gasteiger partial charge in [-0.05, 0) is 73.4 Å². The van der Waals surface area contributed by atoms with E-state index < -0.39 is 23.6 Å². The number of rotatable bonds is 5. The number of hydrogen-bond acceptors (Lipinski definition) is 4. The summed E-state index contributed by atoms with van der Waals surface area (Å²) in [4.78, 5) is 37.4. The lowest BCUT2D eigenvalue weighted by molar-refractivity contribution is -0.138. The van der Waals surface area contributed by atoms with Crippen molar-refractivity contribution in [2.24, 2.45) is 5.92 Å². The summed E-state index contributed by atoms with van der Waals surface area (Å²) in [5.74, 6) is -2.23. The van der Waals surface area contributed by atoms with E-state index >= 15 is 0 Å². The van der Waals surface area contributed by atoms with Crippen LogP contribution in [0.1, 0.15) is 43.2 Å². The lowest BCUT2D eigenvalue weighted by Gasteiger charge is -2.32. The molecular formula is C25H27F2N3O5. The Balaban J connectivity index is 1.28. The normalized spacial score (nSPS) is 19.4. The number of anilines is 2. The van der Waals surface area contributed by atoms with Crippen LogP contribution in [0.15, 0.2) is 36.4 Å². The van der Waals surface area contributed by atoms with Crippen LogP contribution in [0, 0.1) is 17.6 Å². The number of nitrogens with zero attached hydrogens (tertiary/aromatic N) is 1. The Bertz CT molecular complexity index is 1100. The van der Waals surface area contributed by atoms with Crippen LogP contribution in [-0.4, -0.2) is 40.7 Å². The molecule has 8 nitrogen and oxygen atoms in total. The average molecular weight is 488 g/mol. The first-order chi connectivity index (χ1) is 16.7. The highest BCUT2D eigenvalue weighted by molar-refractivity contribution is 5.99. The fourth-order valence-corrected chi connectivity index (χ4v) is 4.62. The topological polar surface area (TPSA) is 108 Å². The molecule has 1 aliphatic heterocycles. The standard InChI is InChI=1S/C25H27F2N3O5/c26-18-11-19(27)13-21(12-18)29-24(33)28-20-4-3-17-14-30(8-7-16(17)10-20)25(34)35-22-5-1-15(2-6-22)9-23(31)32/h3-4,10-13,15,22H,1-2,5-9,14H2,(H,31,32)(H2,28,29,33). The average Bonchev–Trinajstić information content (AvgIpc) is 2.79. The van der Waals surface area contributed by atoms with Crippen molar-refractivity contribution in [3.8, 4) is 0 Å². The fourth-order valence-electron chi connectivity index (χ4n) is 4.62. The molecule has 0 bridgehead atoms. The van der Waals surface area contributed by atoms with Crippen molar-refractivity contribution >= 4 is 29.5 Å².